The van der Waals surface area contributed by atoms with E-state index >= 15 is 0 Å². The first-order chi connectivity index (χ1) is 10.2. The van der Waals surface area contributed by atoms with E-state index in [0.717, 1.165) is 19.0 Å². The number of nitrogens with zero attached hydrogens (tertiary/aromatic N) is 2. The molecule has 1 rings (SSSR count). The van der Waals surface area contributed by atoms with Gasteiger partial charge in [0.1, 0.15) is 0 Å². The molecule has 1 aliphatic heterocycles. The predicted molar refractivity (Wildman–Crippen MR) is 93.0 cm³/mol. The van der Waals surface area contributed by atoms with Gasteiger partial charge in [-0.05, 0) is 12.8 Å². The fourth-order valence-corrected chi connectivity index (χ4v) is 3.28. The van der Waals surface area contributed by atoms with Gasteiger partial charge in [0.25, 0.3) is 0 Å². The summed E-state index contributed by atoms with van der Waals surface area (Å²) in [7, 11) is 2.05. The van der Waals surface area contributed by atoms with Crippen molar-refractivity contribution in [2.45, 2.75) is 90.5 Å². The van der Waals surface area contributed by atoms with Gasteiger partial charge in [-0.3, -0.25) is 5.41 Å². The molecule has 3 heteroatoms. The van der Waals surface area contributed by atoms with Crippen LogP contribution in [0, 0.1) is 5.41 Å². The van der Waals surface area contributed by atoms with Crippen LogP contribution in [0.1, 0.15) is 84.5 Å². The molecule has 3 nitrogen and oxygen atoms in total. The van der Waals surface area contributed by atoms with E-state index in [1.807, 2.05) is 7.05 Å². The van der Waals surface area contributed by atoms with Crippen LogP contribution < -0.4 is 0 Å². The molecule has 0 saturated carbocycles. The number of hydrogen-bond acceptors (Lipinski definition) is 1. The van der Waals surface area contributed by atoms with Crippen molar-refractivity contribution in [2.75, 3.05) is 20.1 Å². The topological polar surface area (TPSA) is 30.3 Å². The zero-order chi connectivity index (χ0) is 15.5. The zero-order valence-corrected chi connectivity index (χ0v) is 14.7. The first-order valence-electron chi connectivity index (χ1n) is 9.27. The third-order valence-corrected chi connectivity index (χ3v) is 4.78. The van der Waals surface area contributed by atoms with Gasteiger partial charge in [0, 0.05) is 26.2 Å². The van der Waals surface area contributed by atoms with Gasteiger partial charge >= 0.3 is 0 Å². The predicted octanol–water partition coefficient (Wildman–Crippen LogP) is 4.87. The van der Waals surface area contributed by atoms with E-state index in [-0.39, 0.29) is 0 Å². The number of likely N-dealkylation sites (N-methyl/N-ethyl adjacent to an activating group) is 1. The maximum Gasteiger partial charge on any atom is 0.193 e. The first kappa shape index (κ1) is 18.3. The zero-order valence-electron chi connectivity index (χ0n) is 14.7. The minimum atomic E-state index is 0.609. The van der Waals surface area contributed by atoms with Crippen LogP contribution in [0.15, 0.2) is 0 Å². The number of nitrogens with one attached hydrogen (secondary N) is 1. The summed E-state index contributed by atoms with van der Waals surface area (Å²) in [6.45, 7) is 6.63. The Morgan fingerprint density at radius 1 is 0.857 bits per heavy atom. The van der Waals surface area contributed by atoms with Gasteiger partial charge < -0.3 is 9.80 Å². The average molecular weight is 296 g/mol. The largest absolute Gasteiger partial charge is 0.344 e. The summed E-state index contributed by atoms with van der Waals surface area (Å²) >= 11 is 0. The van der Waals surface area contributed by atoms with Crippen molar-refractivity contribution in [3.8, 4) is 0 Å². The molecular formula is C18H37N3. The van der Waals surface area contributed by atoms with Gasteiger partial charge in [-0.2, -0.15) is 0 Å². The summed E-state index contributed by atoms with van der Waals surface area (Å²) in [6.07, 6.45) is 14.8. The highest BCUT2D eigenvalue weighted by molar-refractivity contribution is 5.78. The third kappa shape index (κ3) is 6.71. The highest BCUT2D eigenvalue weighted by Gasteiger charge is 2.27. The van der Waals surface area contributed by atoms with Gasteiger partial charge in [0.15, 0.2) is 5.96 Å². The SMILES string of the molecule is CCCCCCCCCC(CCCC)N1CCN(C)C1=N. The van der Waals surface area contributed by atoms with Crippen LogP contribution in [-0.4, -0.2) is 41.9 Å². The van der Waals surface area contributed by atoms with Crippen molar-refractivity contribution in [3.63, 3.8) is 0 Å². The molecule has 1 unspecified atom stereocenters. The van der Waals surface area contributed by atoms with Crippen molar-refractivity contribution < 1.29 is 0 Å². The van der Waals surface area contributed by atoms with Gasteiger partial charge in [-0.15, -0.1) is 0 Å². The van der Waals surface area contributed by atoms with Gasteiger partial charge in [-0.1, -0.05) is 71.6 Å². The molecule has 1 fully saturated rings. The molecule has 0 aromatic carbocycles. The van der Waals surface area contributed by atoms with Crippen LogP contribution >= 0.6 is 0 Å². The molecule has 0 bridgehead atoms. The lowest BCUT2D eigenvalue weighted by atomic mass is 10.0. The monoisotopic (exact) mass is 295 g/mol. The Morgan fingerprint density at radius 2 is 1.43 bits per heavy atom. The van der Waals surface area contributed by atoms with Crippen molar-refractivity contribution in [2.24, 2.45) is 0 Å². The summed E-state index contributed by atoms with van der Waals surface area (Å²) in [4.78, 5) is 4.44. The highest BCUT2D eigenvalue weighted by atomic mass is 15.4. The minimum Gasteiger partial charge on any atom is -0.344 e. The van der Waals surface area contributed by atoms with E-state index in [4.69, 9.17) is 5.41 Å². The van der Waals surface area contributed by atoms with Gasteiger partial charge in [0.2, 0.25) is 0 Å². The first-order valence-corrected chi connectivity index (χ1v) is 9.27. The van der Waals surface area contributed by atoms with Crippen LogP contribution in [0.5, 0.6) is 0 Å². The van der Waals surface area contributed by atoms with Crippen LogP contribution in [0.25, 0.3) is 0 Å². The molecule has 124 valence electrons. The highest BCUT2D eigenvalue weighted by Crippen LogP contribution is 2.20. The normalized spacial score (nSPS) is 16.8. The fourth-order valence-electron chi connectivity index (χ4n) is 3.28. The van der Waals surface area contributed by atoms with E-state index in [2.05, 4.69) is 23.6 Å². The molecule has 21 heavy (non-hydrogen) atoms. The molecule has 0 amide bonds. The Kier molecular flexibility index (Phi) is 9.53. The third-order valence-electron chi connectivity index (χ3n) is 4.78. The molecule has 1 N–H and O–H groups in total. The Hall–Kier alpha value is -0.730. The van der Waals surface area contributed by atoms with E-state index < -0.39 is 0 Å². The Bertz CT molecular complexity index is 278. The van der Waals surface area contributed by atoms with Gasteiger partial charge in [-0.25, -0.2) is 0 Å². The van der Waals surface area contributed by atoms with Gasteiger partial charge in [0.05, 0.1) is 0 Å². The lowest BCUT2D eigenvalue weighted by Gasteiger charge is -2.29. The fraction of sp³-hybridized carbons (Fsp3) is 0.944. The minimum absolute atomic E-state index is 0.609. The van der Waals surface area contributed by atoms with Crippen molar-refractivity contribution in [1.82, 2.24) is 9.80 Å². The smallest absolute Gasteiger partial charge is 0.193 e. The van der Waals surface area contributed by atoms with Crippen LogP contribution in [0.2, 0.25) is 0 Å². The Morgan fingerprint density at radius 3 is 2.00 bits per heavy atom. The number of unbranched alkanes of at least 4 members (excludes halogenated alkanes) is 7. The Labute approximate surface area is 132 Å². The van der Waals surface area contributed by atoms with E-state index in [0.29, 0.717) is 6.04 Å². The maximum atomic E-state index is 8.22. The Balaban J connectivity index is 2.25. The standard InChI is InChI=1S/C18H37N3/c1-4-6-8-9-10-11-12-14-17(13-7-5-2)21-16-15-20(3)18(21)19/h17,19H,4-16H2,1-3H3. The lowest BCUT2D eigenvalue weighted by Crippen LogP contribution is -2.39. The summed E-state index contributed by atoms with van der Waals surface area (Å²) < 4.78 is 0. The summed E-state index contributed by atoms with van der Waals surface area (Å²) in [5, 5.41) is 8.22. The molecule has 1 atom stereocenters. The molecule has 1 saturated heterocycles. The quantitative estimate of drug-likeness (QED) is 0.521. The molecule has 0 spiro atoms. The summed E-state index contributed by atoms with van der Waals surface area (Å²) in [5.41, 5.74) is 0. The molecule has 1 heterocycles. The van der Waals surface area contributed by atoms with Crippen molar-refractivity contribution in [1.29, 1.82) is 5.41 Å². The van der Waals surface area contributed by atoms with Crippen molar-refractivity contribution in [3.05, 3.63) is 0 Å². The van der Waals surface area contributed by atoms with E-state index in [1.165, 1.54) is 70.6 Å². The summed E-state index contributed by atoms with van der Waals surface area (Å²) in [5.74, 6) is 0.749. The lowest BCUT2D eigenvalue weighted by molar-refractivity contribution is 0.287. The number of guanidine groups is 1. The molecule has 0 aliphatic carbocycles. The van der Waals surface area contributed by atoms with Crippen LogP contribution in [0.3, 0.4) is 0 Å². The molecule has 0 aromatic rings. The molecule has 0 radical (unpaired) electrons. The molecule has 1 aliphatic rings. The number of hydrogen-bond donors (Lipinski definition) is 1. The van der Waals surface area contributed by atoms with Crippen molar-refractivity contribution >= 4 is 5.96 Å². The average Bonchev–Trinajstić information content (AvgIpc) is 2.81. The van der Waals surface area contributed by atoms with Crippen LogP contribution in [-0.2, 0) is 0 Å². The van der Waals surface area contributed by atoms with E-state index in [9.17, 15) is 0 Å². The number of rotatable bonds is 12. The second kappa shape index (κ2) is 10.9. The second-order valence-corrected chi connectivity index (χ2v) is 6.64. The second-order valence-electron chi connectivity index (χ2n) is 6.64. The van der Waals surface area contributed by atoms with Crippen LogP contribution in [0.4, 0.5) is 0 Å². The summed E-state index contributed by atoms with van der Waals surface area (Å²) in [6, 6.07) is 0.609. The molecule has 0 aromatic heterocycles. The van der Waals surface area contributed by atoms with E-state index in [1.54, 1.807) is 0 Å². The molecular weight excluding hydrogens is 258 g/mol. The maximum absolute atomic E-state index is 8.22.